The van der Waals surface area contributed by atoms with Gasteiger partial charge in [-0.25, -0.2) is 13.1 Å². The smallest absolute Gasteiger partial charge is 0.240 e. The van der Waals surface area contributed by atoms with Crippen LogP contribution >= 0.6 is 0 Å². The van der Waals surface area contributed by atoms with Crippen LogP contribution in [-0.4, -0.2) is 28.1 Å². The molecule has 0 bridgehead atoms. The van der Waals surface area contributed by atoms with Gasteiger partial charge in [-0.15, -0.1) is 0 Å². The topological polar surface area (TPSA) is 58.2 Å². The maximum Gasteiger partial charge on any atom is 0.240 e. The van der Waals surface area contributed by atoms with E-state index in [1.807, 2.05) is 32.9 Å². The molecular weight excluding hydrogens is 248 g/mol. The van der Waals surface area contributed by atoms with Crippen LogP contribution in [0.3, 0.4) is 0 Å². The van der Waals surface area contributed by atoms with Gasteiger partial charge >= 0.3 is 0 Å². The summed E-state index contributed by atoms with van der Waals surface area (Å²) in [5.74, 6) is 0.180. The summed E-state index contributed by atoms with van der Waals surface area (Å²) in [7, 11) is -1.62. The molecule has 0 aliphatic carbocycles. The highest BCUT2D eigenvalue weighted by Crippen LogP contribution is 2.22. The highest BCUT2D eigenvalue weighted by Gasteiger charge is 2.19. The van der Waals surface area contributed by atoms with E-state index >= 15 is 0 Å². The molecule has 0 fully saturated rings. The summed E-state index contributed by atoms with van der Waals surface area (Å²) < 4.78 is 27.1. The molecule has 1 rings (SSSR count). The summed E-state index contributed by atoms with van der Waals surface area (Å²) in [6.07, 6.45) is 0. The van der Waals surface area contributed by atoms with E-state index in [2.05, 4.69) is 10.0 Å². The average Bonchev–Trinajstić information content (AvgIpc) is 2.36. The minimum Gasteiger partial charge on any atom is -0.316 e. The molecule has 0 radical (unpaired) electrons. The molecule has 0 heterocycles. The Morgan fingerprint density at radius 3 is 2.33 bits per heavy atom. The van der Waals surface area contributed by atoms with Crippen molar-refractivity contribution in [1.29, 1.82) is 0 Å². The van der Waals surface area contributed by atoms with E-state index in [9.17, 15) is 8.42 Å². The first kappa shape index (κ1) is 15.1. The third-order valence-electron chi connectivity index (χ3n) is 2.90. The lowest BCUT2D eigenvalue weighted by molar-refractivity contribution is 0.553. The molecule has 2 N–H and O–H groups in total. The Kier molecular flexibility index (Phi) is 5.31. The van der Waals surface area contributed by atoms with Gasteiger partial charge in [0.2, 0.25) is 10.0 Å². The fourth-order valence-corrected chi connectivity index (χ4v) is 3.11. The number of likely N-dealkylation sites (N-methyl/N-ethyl adjacent to an activating group) is 1. The van der Waals surface area contributed by atoms with E-state index in [0.29, 0.717) is 11.4 Å². The van der Waals surface area contributed by atoms with Crippen molar-refractivity contribution in [3.05, 3.63) is 29.8 Å². The first-order valence-electron chi connectivity index (χ1n) is 6.14. The molecule has 0 amide bonds. The van der Waals surface area contributed by atoms with Gasteiger partial charge in [-0.3, -0.25) is 0 Å². The minimum atomic E-state index is -3.43. The zero-order valence-electron chi connectivity index (χ0n) is 11.4. The molecule has 0 saturated heterocycles. The maximum absolute atomic E-state index is 12.2. The van der Waals surface area contributed by atoms with E-state index in [0.717, 1.165) is 5.56 Å². The number of nitrogens with one attached hydrogen (secondary N) is 2. The molecule has 1 aromatic rings. The predicted molar refractivity (Wildman–Crippen MR) is 74.2 cm³/mol. The van der Waals surface area contributed by atoms with Crippen LogP contribution < -0.4 is 10.0 Å². The summed E-state index contributed by atoms with van der Waals surface area (Å²) in [6, 6.07) is 7.24. The summed E-state index contributed by atoms with van der Waals surface area (Å²) in [5, 5.41) is 3.00. The Morgan fingerprint density at radius 1 is 1.17 bits per heavy atom. The lowest BCUT2D eigenvalue weighted by Crippen LogP contribution is -2.37. The van der Waals surface area contributed by atoms with Crippen molar-refractivity contribution in [3.63, 3.8) is 0 Å². The van der Waals surface area contributed by atoms with Crippen molar-refractivity contribution in [1.82, 2.24) is 10.0 Å². The third kappa shape index (κ3) is 3.80. The third-order valence-corrected chi connectivity index (χ3v) is 4.40. The Hall–Kier alpha value is -0.910. The van der Waals surface area contributed by atoms with Crippen molar-refractivity contribution in [2.75, 3.05) is 13.6 Å². The molecule has 1 aromatic carbocycles. The molecule has 0 aliphatic heterocycles. The van der Waals surface area contributed by atoms with Gasteiger partial charge in [0.25, 0.3) is 0 Å². The second kappa shape index (κ2) is 6.31. The minimum absolute atomic E-state index is 0.103. The SMILES string of the molecule is CNC(C)CNS(=O)(=O)c1ccccc1C(C)C. The highest BCUT2D eigenvalue weighted by atomic mass is 32.2. The summed E-state index contributed by atoms with van der Waals surface area (Å²) in [6.45, 7) is 6.29. The first-order chi connectivity index (χ1) is 8.38. The van der Waals surface area contributed by atoms with Crippen LogP contribution in [0.25, 0.3) is 0 Å². The van der Waals surface area contributed by atoms with E-state index < -0.39 is 10.0 Å². The molecule has 1 atom stereocenters. The lowest BCUT2D eigenvalue weighted by Gasteiger charge is -2.15. The lowest BCUT2D eigenvalue weighted by atomic mass is 10.0. The Morgan fingerprint density at radius 2 is 1.78 bits per heavy atom. The fourth-order valence-electron chi connectivity index (χ4n) is 1.62. The number of rotatable bonds is 6. The van der Waals surface area contributed by atoms with E-state index in [4.69, 9.17) is 0 Å². The Labute approximate surface area is 110 Å². The van der Waals surface area contributed by atoms with Crippen LogP contribution in [0.4, 0.5) is 0 Å². The van der Waals surface area contributed by atoms with Gasteiger partial charge in [0.05, 0.1) is 4.90 Å². The van der Waals surface area contributed by atoms with Gasteiger partial charge in [0.1, 0.15) is 0 Å². The standard InChI is InChI=1S/C13H22N2O2S/c1-10(2)12-7-5-6-8-13(12)18(16,17)15-9-11(3)14-4/h5-8,10-11,14-15H,9H2,1-4H3. The fraction of sp³-hybridized carbons (Fsp3) is 0.538. The largest absolute Gasteiger partial charge is 0.316 e. The summed E-state index contributed by atoms with van der Waals surface area (Å²) >= 11 is 0. The summed E-state index contributed by atoms with van der Waals surface area (Å²) in [4.78, 5) is 0.378. The second-order valence-corrected chi connectivity index (χ2v) is 6.47. The van der Waals surface area contributed by atoms with Gasteiger partial charge in [-0.2, -0.15) is 0 Å². The van der Waals surface area contributed by atoms with Crippen LogP contribution in [-0.2, 0) is 10.0 Å². The van der Waals surface area contributed by atoms with Crippen molar-refractivity contribution in [2.24, 2.45) is 0 Å². The average molecular weight is 270 g/mol. The van der Waals surface area contributed by atoms with Gasteiger partial charge in [-0.1, -0.05) is 32.0 Å². The quantitative estimate of drug-likeness (QED) is 0.827. The number of sulfonamides is 1. The van der Waals surface area contributed by atoms with Crippen LogP contribution in [0.15, 0.2) is 29.2 Å². The van der Waals surface area contributed by atoms with Crippen LogP contribution in [0.5, 0.6) is 0 Å². The first-order valence-corrected chi connectivity index (χ1v) is 7.62. The van der Waals surface area contributed by atoms with Gasteiger partial charge in [-0.05, 0) is 31.5 Å². The van der Waals surface area contributed by atoms with Crippen LogP contribution in [0.2, 0.25) is 0 Å². The van der Waals surface area contributed by atoms with E-state index in [-0.39, 0.29) is 12.0 Å². The van der Waals surface area contributed by atoms with Crippen LogP contribution in [0, 0.1) is 0 Å². The van der Waals surface area contributed by atoms with Gasteiger partial charge in [0.15, 0.2) is 0 Å². The van der Waals surface area contributed by atoms with E-state index in [1.165, 1.54) is 0 Å². The second-order valence-electron chi connectivity index (χ2n) is 4.73. The van der Waals surface area contributed by atoms with Gasteiger partial charge in [0, 0.05) is 12.6 Å². The molecule has 0 aromatic heterocycles. The monoisotopic (exact) mass is 270 g/mol. The molecule has 0 saturated carbocycles. The number of hydrogen-bond donors (Lipinski definition) is 2. The molecule has 0 spiro atoms. The molecule has 102 valence electrons. The van der Waals surface area contributed by atoms with Crippen molar-refractivity contribution in [3.8, 4) is 0 Å². The molecule has 5 heteroatoms. The zero-order valence-corrected chi connectivity index (χ0v) is 12.2. The zero-order chi connectivity index (χ0) is 13.8. The van der Waals surface area contributed by atoms with Crippen LogP contribution in [0.1, 0.15) is 32.3 Å². The number of hydrogen-bond acceptors (Lipinski definition) is 3. The molecule has 4 nitrogen and oxygen atoms in total. The molecule has 0 aliphatic rings. The van der Waals surface area contributed by atoms with Gasteiger partial charge < -0.3 is 5.32 Å². The maximum atomic E-state index is 12.2. The predicted octanol–water partition coefficient (Wildman–Crippen LogP) is 1.70. The summed E-state index contributed by atoms with van der Waals surface area (Å²) in [5.41, 5.74) is 0.849. The Balaban J connectivity index is 2.98. The van der Waals surface area contributed by atoms with Crippen molar-refractivity contribution >= 4 is 10.0 Å². The highest BCUT2D eigenvalue weighted by molar-refractivity contribution is 7.89. The molecule has 18 heavy (non-hydrogen) atoms. The molecule has 1 unspecified atom stereocenters. The Bertz CT molecular complexity index is 484. The molecular formula is C13H22N2O2S. The normalized spacial score (nSPS) is 13.8. The van der Waals surface area contributed by atoms with Crippen molar-refractivity contribution in [2.45, 2.75) is 37.6 Å². The number of benzene rings is 1. The van der Waals surface area contributed by atoms with E-state index in [1.54, 1.807) is 19.2 Å². The van der Waals surface area contributed by atoms with Crippen molar-refractivity contribution < 1.29 is 8.42 Å².